The van der Waals surface area contributed by atoms with E-state index in [-0.39, 0.29) is 17.6 Å². The normalized spacial score (nSPS) is 22.4. The van der Waals surface area contributed by atoms with Crippen molar-refractivity contribution < 1.29 is 22.7 Å². The lowest BCUT2D eigenvalue weighted by molar-refractivity contribution is -0.188. The second kappa shape index (κ2) is 7.28. The number of carbonyl (C=O) groups excluding carboxylic acids is 1. The van der Waals surface area contributed by atoms with E-state index in [1.807, 2.05) is 0 Å². The fourth-order valence-corrected chi connectivity index (χ4v) is 2.59. The quantitative estimate of drug-likeness (QED) is 0.917. The maximum atomic E-state index is 12.2. The molecule has 1 aromatic rings. The van der Waals surface area contributed by atoms with Gasteiger partial charge in [0.15, 0.2) is 0 Å². The first-order chi connectivity index (χ1) is 10.3. The van der Waals surface area contributed by atoms with Crippen molar-refractivity contribution in [2.45, 2.75) is 44.0 Å². The van der Waals surface area contributed by atoms with Crippen LogP contribution >= 0.6 is 11.6 Å². The Morgan fingerprint density at radius 3 is 2.91 bits per heavy atom. The standard InChI is InChI=1S/C14H16ClF3N2O2/c15-9-4-5-19-12(6-9)13(21)20-10-2-1-3-11(7-10)22-8-14(16,17)18/h4-6,10-11H,1-3,7-8H2,(H,20,21)/t10-,11-/m0/s1. The maximum absolute atomic E-state index is 12.2. The Morgan fingerprint density at radius 2 is 2.23 bits per heavy atom. The highest BCUT2D eigenvalue weighted by Crippen LogP contribution is 2.24. The Morgan fingerprint density at radius 1 is 1.45 bits per heavy atom. The summed E-state index contributed by atoms with van der Waals surface area (Å²) >= 11 is 5.79. The average molecular weight is 337 g/mol. The molecular weight excluding hydrogens is 321 g/mol. The second-order valence-electron chi connectivity index (χ2n) is 5.24. The van der Waals surface area contributed by atoms with Crippen molar-refractivity contribution in [1.82, 2.24) is 10.3 Å². The number of hydrogen-bond acceptors (Lipinski definition) is 3. The maximum Gasteiger partial charge on any atom is 0.411 e. The number of nitrogens with one attached hydrogen (secondary N) is 1. The SMILES string of the molecule is O=C(N[C@H]1CCC[C@H](OCC(F)(F)F)C1)c1cc(Cl)ccn1. The number of amides is 1. The number of hydrogen-bond donors (Lipinski definition) is 1. The van der Waals surface area contributed by atoms with Gasteiger partial charge in [-0.1, -0.05) is 11.6 Å². The van der Waals surface area contributed by atoms with Crippen LogP contribution in [0.3, 0.4) is 0 Å². The van der Waals surface area contributed by atoms with Crippen molar-refractivity contribution in [3.8, 4) is 0 Å². The monoisotopic (exact) mass is 336 g/mol. The second-order valence-corrected chi connectivity index (χ2v) is 5.68. The molecule has 1 aliphatic carbocycles. The molecule has 122 valence electrons. The molecule has 1 heterocycles. The fraction of sp³-hybridized carbons (Fsp3) is 0.571. The van der Waals surface area contributed by atoms with Crippen LogP contribution in [0.25, 0.3) is 0 Å². The van der Waals surface area contributed by atoms with Crippen molar-refractivity contribution in [2.24, 2.45) is 0 Å². The lowest BCUT2D eigenvalue weighted by Crippen LogP contribution is -2.41. The van der Waals surface area contributed by atoms with Gasteiger partial charge in [0.25, 0.3) is 5.91 Å². The minimum absolute atomic E-state index is 0.186. The zero-order valence-electron chi connectivity index (χ0n) is 11.7. The summed E-state index contributed by atoms with van der Waals surface area (Å²) in [6, 6.07) is 2.78. The summed E-state index contributed by atoms with van der Waals surface area (Å²) in [5.41, 5.74) is 0.186. The van der Waals surface area contributed by atoms with E-state index in [0.29, 0.717) is 30.7 Å². The summed E-state index contributed by atoms with van der Waals surface area (Å²) in [5, 5.41) is 3.17. The zero-order valence-corrected chi connectivity index (χ0v) is 12.5. The van der Waals surface area contributed by atoms with Gasteiger partial charge in [0.2, 0.25) is 0 Å². The fourth-order valence-electron chi connectivity index (χ4n) is 2.43. The summed E-state index contributed by atoms with van der Waals surface area (Å²) in [4.78, 5) is 16.0. The molecule has 8 heteroatoms. The van der Waals surface area contributed by atoms with Crippen LogP contribution in [-0.4, -0.2) is 35.8 Å². The van der Waals surface area contributed by atoms with E-state index in [4.69, 9.17) is 16.3 Å². The molecule has 2 rings (SSSR count). The van der Waals surface area contributed by atoms with Gasteiger partial charge in [0, 0.05) is 17.3 Å². The Balaban J connectivity index is 1.86. The van der Waals surface area contributed by atoms with E-state index >= 15 is 0 Å². The first kappa shape index (κ1) is 17.0. The summed E-state index contributed by atoms with van der Waals surface area (Å²) in [6.07, 6.45) is -1.06. The van der Waals surface area contributed by atoms with E-state index in [0.717, 1.165) is 0 Å². The molecule has 1 aliphatic rings. The predicted octanol–water partition coefficient (Wildman–Crippen LogP) is 3.35. The van der Waals surface area contributed by atoms with Crippen molar-refractivity contribution in [1.29, 1.82) is 0 Å². The molecule has 0 radical (unpaired) electrons. The minimum Gasteiger partial charge on any atom is -0.369 e. The summed E-state index contributed by atoms with van der Waals surface area (Å²) < 4.78 is 41.4. The molecule has 0 bridgehead atoms. The third kappa shape index (κ3) is 5.46. The van der Waals surface area contributed by atoms with Crippen molar-refractivity contribution in [3.63, 3.8) is 0 Å². The van der Waals surface area contributed by atoms with Gasteiger partial charge in [-0.3, -0.25) is 9.78 Å². The molecule has 22 heavy (non-hydrogen) atoms. The van der Waals surface area contributed by atoms with Crippen LogP contribution in [0.4, 0.5) is 13.2 Å². The molecule has 0 saturated heterocycles. The molecule has 0 unspecified atom stereocenters. The van der Waals surface area contributed by atoms with Gasteiger partial charge >= 0.3 is 6.18 Å². The molecule has 2 atom stereocenters. The highest BCUT2D eigenvalue weighted by molar-refractivity contribution is 6.30. The Bertz CT molecular complexity index is 525. The van der Waals surface area contributed by atoms with Crippen LogP contribution in [0.1, 0.15) is 36.2 Å². The smallest absolute Gasteiger partial charge is 0.369 e. The number of rotatable bonds is 4. The van der Waals surface area contributed by atoms with Crippen LogP contribution in [0.15, 0.2) is 18.3 Å². The van der Waals surface area contributed by atoms with Gasteiger partial charge in [-0.2, -0.15) is 13.2 Å². The topological polar surface area (TPSA) is 51.2 Å². The molecule has 1 aromatic heterocycles. The molecule has 4 nitrogen and oxygen atoms in total. The first-order valence-electron chi connectivity index (χ1n) is 6.94. The number of ether oxygens (including phenoxy) is 1. The van der Waals surface area contributed by atoms with Crippen LogP contribution in [0, 0.1) is 0 Å². The molecule has 0 aromatic carbocycles. The van der Waals surface area contributed by atoms with Crippen molar-refractivity contribution in [2.75, 3.05) is 6.61 Å². The molecule has 0 aliphatic heterocycles. The Hall–Kier alpha value is -1.34. The molecule has 1 fully saturated rings. The van der Waals surface area contributed by atoms with Gasteiger partial charge in [0.1, 0.15) is 12.3 Å². The highest BCUT2D eigenvalue weighted by Gasteiger charge is 2.31. The summed E-state index contributed by atoms with van der Waals surface area (Å²) in [7, 11) is 0. The van der Waals surface area contributed by atoms with Crippen molar-refractivity contribution >= 4 is 17.5 Å². The number of aromatic nitrogens is 1. The zero-order chi connectivity index (χ0) is 16.2. The molecule has 1 saturated carbocycles. The van der Waals surface area contributed by atoms with Crippen LogP contribution in [0.2, 0.25) is 5.02 Å². The number of pyridine rings is 1. The van der Waals surface area contributed by atoms with Gasteiger partial charge in [-0.05, 0) is 37.8 Å². The van der Waals surface area contributed by atoms with E-state index < -0.39 is 18.9 Å². The molecule has 0 spiro atoms. The summed E-state index contributed by atoms with van der Waals surface area (Å²) in [6.45, 7) is -1.26. The predicted molar refractivity (Wildman–Crippen MR) is 74.8 cm³/mol. The lowest BCUT2D eigenvalue weighted by atomic mass is 9.92. The van der Waals surface area contributed by atoms with Gasteiger partial charge in [-0.15, -0.1) is 0 Å². The number of nitrogens with zero attached hydrogens (tertiary/aromatic N) is 1. The lowest BCUT2D eigenvalue weighted by Gasteiger charge is -2.30. The van der Waals surface area contributed by atoms with Gasteiger partial charge < -0.3 is 10.1 Å². The average Bonchev–Trinajstić information content (AvgIpc) is 2.45. The number of halogens is 4. The minimum atomic E-state index is -4.33. The van der Waals surface area contributed by atoms with Gasteiger partial charge in [0.05, 0.1) is 6.10 Å². The van der Waals surface area contributed by atoms with E-state index in [9.17, 15) is 18.0 Å². The van der Waals surface area contributed by atoms with E-state index in [1.54, 1.807) is 6.07 Å². The Labute approximate surface area is 131 Å². The van der Waals surface area contributed by atoms with Crippen LogP contribution in [-0.2, 0) is 4.74 Å². The molecule has 1 amide bonds. The highest BCUT2D eigenvalue weighted by atomic mass is 35.5. The van der Waals surface area contributed by atoms with Crippen molar-refractivity contribution in [3.05, 3.63) is 29.0 Å². The molecule has 1 N–H and O–H groups in total. The largest absolute Gasteiger partial charge is 0.411 e. The third-order valence-corrected chi connectivity index (χ3v) is 3.63. The molecular formula is C14H16ClF3N2O2. The summed E-state index contributed by atoms with van der Waals surface area (Å²) in [5.74, 6) is -0.385. The Kier molecular flexibility index (Phi) is 5.63. The van der Waals surface area contributed by atoms with Crippen LogP contribution in [0.5, 0.6) is 0 Å². The van der Waals surface area contributed by atoms with E-state index in [2.05, 4.69) is 10.3 Å². The number of alkyl halides is 3. The third-order valence-electron chi connectivity index (χ3n) is 3.40. The number of carbonyl (C=O) groups is 1. The first-order valence-corrected chi connectivity index (χ1v) is 7.32. The van der Waals surface area contributed by atoms with E-state index in [1.165, 1.54) is 12.3 Å². The van der Waals surface area contributed by atoms with Crippen LogP contribution < -0.4 is 5.32 Å². The van der Waals surface area contributed by atoms with Gasteiger partial charge in [-0.25, -0.2) is 0 Å².